The van der Waals surface area contributed by atoms with Crippen LogP contribution in [0.3, 0.4) is 0 Å². The maximum atomic E-state index is 12.3. The maximum Gasteiger partial charge on any atom is 0.262 e. The first-order valence-electron chi connectivity index (χ1n) is 6.34. The van der Waals surface area contributed by atoms with E-state index >= 15 is 0 Å². The molecule has 104 valence electrons. The van der Waals surface area contributed by atoms with Gasteiger partial charge in [-0.05, 0) is 17.7 Å². The highest BCUT2D eigenvalue weighted by Gasteiger charge is 2.40. The number of rotatable bonds is 3. The topological polar surface area (TPSA) is 77.5 Å². The van der Waals surface area contributed by atoms with Crippen LogP contribution in [0.5, 0.6) is 0 Å². The molecule has 5 nitrogen and oxygen atoms in total. The smallest absolute Gasteiger partial charge is 0.262 e. The predicted molar refractivity (Wildman–Crippen MR) is 71.1 cm³/mol. The van der Waals surface area contributed by atoms with E-state index in [2.05, 4.69) is 0 Å². The standard InChI is InChI=1S/C16H11NO4/c18-14-11-8-4-5-9-12(11)15(19)17(14)13(16(20)21)10-6-2-1-3-7-10/h1-9,13H,(H,20,21)/p-1. The van der Waals surface area contributed by atoms with Crippen LogP contribution in [0.15, 0.2) is 54.6 Å². The third-order valence-corrected chi connectivity index (χ3v) is 3.42. The number of nitrogens with zero attached hydrogens (tertiary/aromatic N) is 1. The van der Waals surface area contributed by atoms with Crippen molar-refractivity contribution in [1.29, 1.82) is 0 Å². The molecule has 1 heterocycles. The highest BCUT2D eigenvalue weighted by Crippen LogP contribution is 2.30. The van der Waals surface area contributed by atoms with E-state index in [1.54, 1.807) is 42.5 Å². The number of imide groups is 1. The molecule has 0 aromatic heterocycles. The number of hydrogen-bond donors (Lipinski definition) is 0. The van der Waals surface area contributed by atoms with Crippen LogP contribution in [-0.4, -0.2) is 22.7 Å². The molecule has 1 atom stereocenters. The van der Waals surface area contributed by atoms with E-state index in [-0.39, 0.29) is 11.1 Å². The number of carbonyl (C=O) groups is 3. The number of carbonyl (C=O) groups excluding carboxylic acids is 3. The minimum atomic E-state index is -1.49. The first-order chi connectivity index (χ1) is 10.1. The fourth-order valence-electron chi connectivity index (χ4n) is 2.47. The Labute approximate surface area is 120 Å². The van der Waals surface area contributed by atoms with Crippen molar-refractivity contribution in [1.82, 2.24) is 4.90 Å². The van der Waals surface area contributed by atoms with Gasteiger partial charge >= 0.3 is 0 Å². The Morgan fingerprint density at radius 1 is 0.857 bits per heavy atom. The monoisotopic (exact) mass is 280 g/mol. The van der Waals surface area contributed by atoms with E-state index in [1.807, 2.05) is 0 Å². The number of carboxylic acids is 1. The summed E-state index contributed by atoms with van der Waals surface area (Å²) in [5.41, 5.74) is 0.751. The van der Waals surface area contributed by atoms with E-state index in [0.29, 0.717) is 5.56 Å². The third-order valence-electron chi connectivity index (χ3n) is 3.42. The molecule has 3 rings (SSSR count). The van der Waals surface area contributed by atoms with E-state index in [9.17, 15) is 19.5 Å². The van der Waals surface area contributed by atoms with Crippen LogP contribution in [0.2, 0.25) is 0 Å². The van der Waals surface area contributed by atoms with Gasteiger partial charge in [-0.3, -0.25) is 14.5 Å². The van der Waals surface area contributed by atoms with Crippen LogP contribution in [0, 0.1) is 0 Å². The average molecular weight is 280 g/mol. The molecule has 0 spiro atoms. The molecule has 21 heavy (non-hydrogen) atoms. The van der Waals surface area contributed by atoms with Crippen LogP contribution >= 0.6 is 0 Å². The zero-order valence-corrected chi connectivity index (χ0v) is 10.9. The van der Waals surface area contributed by atoms with Crippen LogP contribution in [0.25, 0.3) is 0 Å². The fourth-order valence-corrected chi connectivity index (χ4v) is 2.47. The molecule has 2 aromatic carbocycles. The number of benzene rings is 2. The van der Waals surface area contributed by atoms with Crippen LogP contribution < -0.4 is 5.11 Å². The summed E-state index contributed by atoms with van der Waals surface area (Å²) in [5.74, 6) is -2.72. The molecule has 0 radical (unpaired) electrons. The highest BCUT2D eigenvalue weighted by molar-refractivity contribution is 6.22. The normalized spacial score (nSPS) is 15.0. The summed E-state index contributed by atoms with van der Waals surface area (Å²) in [5, 5.41) is 11.5. The second kappa shape index (κ2) is 4.86. The summed E-state index contributed by atoms with van der Waals surface area (Å²) in [6, 6.07) is 12.9. The lowest BCUT2D eigenvalue weighted by Gasteiger charge is -2.27. The summed E-state index contributed by atoms with van der Waals surface area (Å²) in [6.07, 6.45) is 0. The summed E-state index contributed by atoms with van der Waals surface area (Å²) >= 11 is 0. The quantitative estimate of drug-likeness (QED) is 0.778. The van der Waals surface area contributed by atoms with Crippen molar-refractivity contribution in [3.63, 3.8) is 0 Å². The van der Waals surface area contributed by atoms with Gasteiger partial charge in [0.25, 0.3) is 11.8 Å². The molecule has 2 aromatic rings. The van der Waals surface area contributed by atoms with Gasteiger partial charge in [0.1, 0.15) is 6.04 Å². The molecule has 0 aliphatic carbocycles. The molecule has 0 saturated heterocycles. The van der Waals surface area contributed by atoms with Crippen molar-refractivity contribution in [2.75, 3.05) is 0 Å². The van der Waals surface area contributed by atoms with Crippen molar-refractivity contribution in [2.45, 2.75) is 6.04 Å². The first-order valence-corrected chi connectivity index (χ1v) is 6.34. The summed E-state index contributed by atoms with van der Waals surface area (Å²) < 4.78 is 0. The maximum absolute atomic E-state index is 12.3. The largest absolute Gasteiger partial charge is 0.547 e. The zero-order chi connectivity index (χ0) is 15.0. The molecule has 2 amide bonds. The van der Waals surface area contributed by atoms with Crippen LogP contribution in [0.4, 0.5) is 0 Å². The number of amides is 2. The van der Waals surface area contributed by atoms with Crippen molar-refractivity contribution in [3.05, 3.63) is 71.3 Å². The molecule has 1 unspecified atom stereocenters. The molecule has 1 aliphatic heterocycles. The Morgan fingerprint density at radius 3 is 1.81 bits per heavy atom. The molecule has 0 saturated carbocycles. The van der Waals surface area contributed by atoms with Gasteiger partial charge in [0, 0.05) is 0 Å². The summed E-state index contributed by atoms with van der Waals surface area (Å²) in [6.45, 7) is 0. The predicted octanol–water partition coefficient (Wildman–Crippen LogP) is 0.774. The zero-order valence-electron chi connectivity index (χ0n) is 10.9. The second-order valence-corrected chi connectivity index (χ2v) is 4.66. The lowest BCUT2D eigenvalue weighted by molar-refractivity contribution is -0.310. The SMILES string of the molecule is O=C([O-])C(c1ccccc1)N1C(=O)c2ccccc2C1=O. The Morgan fingerprint density at radius 2 is 1.33 bits per heavy atom. The van der Waals surface area contributed by atoms with Gasteiger partial charge in [0.15, 0.2) is 0 Å². The van der Waals surface area contributed by atoms with Gasteiger partial charge in [-0.15, -0.1) is 0 Å². The second-order valence-electron chi connectivity index (χ2n) is 4.66. The minimum Gasteiger partial charge on any atom is -0.547 e. The molecular weight excluding hydrogens is 270 g/mol. The molecule has 0 N–H and O–H groups in total. The van der Waals surface area contributed by atoms with Crippen LogP contribution in [0.1, 0.15) is 32.3 Å². The molecule has 5 heteroatoms. The van der Waals surface area contributed by atoms with E-state index < -0.39 is 23.8 Å². The Hall–Kier alpha value is -2.95. The summed E-state index contributed by atoms with van der Waals surface area (Å²) in [7, 11) is 0. The third kappa shape index (κ3) is 1.99. The average Bonchev–Trinajstić information content (AvgIpc) is 2.74. The van der Waals surface area contributed by atoms with Gasteiger partial charge in [0.2, 0.25) is 0 Å². The number of carboxylic acid groups (broad SMARTS) is 1. The Bertz CT molecular complexity index is 704. The van der Waals surface area contributed by atoms with Gasteiger partial charge in [-0.2, -0.15) is 0 Å². The molecule has 1 aliphatic rings. The number of hydrogen-bond acceptors (Lipinski definition) is 4. The number of fused-ring (bicyclic) bond motifs is 1. The molecular formula is C16H10NO4-. The van der Waals surface area contributed by atoms with E-state index in [1.165, 1.54) is 12.1 Å². The summed E-state index contributed by atoms with van der Waals surface area (Å²) in [4.78, 5) is 36.9. The van der Waals surface area contributed by atoms with E-state index in [0.717, 1.165) is 4.90 Å². The number of aliphatic carboxylic acids is 1. The van der Waals surface area contributed by atoms with Crippen molar-refractivity contribution < 1.29 is 19.5 Å². The minimum absolute atomic E-state index is 0.213. The van der Waals surface area contributed by atoms with E-state index in [4.69, 9.17) is 0 Å². The molecule has 0 fully saturated rings. The Kier molecular flexibility index (Phi) is 3.02. The van der Waals surface area contributed by atoms with Gasteiger partial charge in [-0.25, -0.2) is 0 Å². The van der Waals surface area contributed by atoms with Gasteiger partial charge < -0.3 is 9.90 Å². The van der Waals surface area contributed by atoms with Gasteiger partial charge in [-0.1, -0.05) is 42.5 Å². The van der Waals surface area contributed by atoms with Crippen molar-refractivity contribution >= 4 is 17.8 Å². The highest BCUT2D eigenvalue weighted by atomic mass is 16.4. The Balaban J connectivity index is 2.09. The lowest BCUT2D eigenvalue weighted by atomic mass is 10.1. The van der Waals surface area contributed by atoms with Crippen molar-refractivity contribution in [3.8, 4) is 0 Å². The fraction of sp³-hybridized carbons (Fsp3) is 0.0625. The lowest BCUT2D eigenvalue weighted by Crippen LogP contribution is -2.44. The molecule has 0 bridgehead atoms. The first kappa shape index (κ1) is 13.1. The van der Waals surface area contributed by atoms with Crippen molar-refractivity contribution in [2.24, 2.45) is 0 Å². The van der Waals surface area contributed by atoms with Gasteiger partial charge in [0.05, 0.1) is 17.1 Å². The van der Waals surface area contributed by atoms with Crippen LogP contribution in [-0.2, 0) is 4.79 Å².